The maximum Gasteiger partial charge on any atom is 0.408 e. The van der Waals surface area contributed by atoms with Gasteiger partial charge in [-0.1, -0.05) is 54.2 Å². The number of ether oxygens (including phenoxy) is 2. The summed E-state index contributed by atoms with van der Waals surface area (Å²) in [5.74, 6) is -0.479. The molecule has 48 heavy (non-hydrogen) atoms. The lowest BCUT2D eigenvalue weighted by molar-refractivity contribution is -0.126. The minimum atomic E-state index is -0.830. The van der Waals surface area contributed by atoms with Crippen LogP contribution in [0.3, 0.4) is 0 Å². The van der Waals surface area contributed by atoms with Crippen LogP contribution in [0.25, 0.3) is 0 Å². The molecule has 0 saturated carbocycles. The maximum absolute atomic E-state index is 13.8. The van der Waals surface area contributed by atoms with E-state index in [9.17, 15) is 14.4 Å². The van der Waals surface area contributed by atoms with Crippen molar-refractivity contribution in [1.29, 1.82) is 0 Å². The molecule has 246 valence electrons. The van der Waals surface area contributed by atoms with Gasteiger partial charge in [0.25, 0.3) is 0 Å². The molecule has 4 aromatic rings. The van der Waals surface area contributed by atoms with E-state index in [0.29, 0.717) is 30.6 Å². The number of amidine groups is 1. The Morgan fingerprint density at radius 1 is 0.958 bits per heavy atom. The molecular formula is C36H36N6O5S. The molecule has 2 fully saturated rings. The minimum absolute atomic E-state index is 0.0795. The average Bonchev–Trinajstić information content (AvgIpc) is 3.42. The summed E-state index contributed by atoms with van der Waals surface area (Å²) in [4.78, 5) is 51.8. The van der Waals surface area contributed by atoms with Gasteiger partial charge in [-0.05, 0) is 72.1 Å². The number of aliphatic imine (C=N–C) groups is 1. The summed E-state index contributed by atoms with van der Waals surface area (Å²) < 4.78 is 10.7. The highest BCUT2D eigenvalue weighted by Crippen LogP contribution is 2.41. The molecule has 2 atom stereocenters. The molecule has 3 aromatic carbocycles. The number of nitrogens with zero attached hydrogens (tertiary/aromatic N) is 4. The van der Waals surface area contributed by atoms with Crippen molar-refractivity contribution in [2.75, 3.05) is 36.5 Å². The summed E-state index contributed by atoms with van der Waals surface area (Å²) in [6, 6.07) is 27.4. The second kappa shape index (κ2) is 15.6. The Bertz CT molecular complexity index is 1730. The molecule has 0 radical (unpaired) electrons. The zero-order valence-electron chi connectivity index (χ0n) is 26.5. The number of thioether (sulfide) groups is 1. The number of hydrogen-bond donors (Lipinski definition) is 2. The van der Waals surface area contributed by atoms with Gasteiger partial charge in [0.15, 0.2) is 5.17 Å². The van der Waals surface area contributed by atoms with Gasteiger partial charge in [0.2, 0.25) is 11.8 Å². The highest BCUT2D eigenvalue weighted by atomic mass is 32.2. The van der Waals surface area contributed by atoms with Crippen LogP contribution in [-0.4, -0.2) is 65.3 Å². The van der Waals surface area contributed by atoms with Crippen LogP contribution in [0.1, 0.15) is 28.9 Å². The quantitative estimate of drug-likeness (QED) is 0.222. The number of benzene rings is 3. The summed E-state index contributed by atoms with van der Waals surface area (Å²) in [7, 11) is 0. The normalized spacial score (nSPS) is 17.6. The molecule has 11 nitrogen and oxygen atoms in total. The van der Waals surface area contributed by atoms with Crippen LogP contribution in [0.4, 0.5) is 21.9 Å². The Kier molecular flexibility index (Phi) is 10.6. The molecule has 0 spiro atoms. The fourth-order valence-corrected chi connectivity index (χ4v) is 6.41. The Balaban J connectivity index is 1.11. The molecule has 2 saturated heterocycles. The number of rotatable bonds is 10. The van der Waals surface area contributed by atoms with Gasteiger partial charge in [0.05, 0.1) is 25.4 Å². The van der Waals surface area contributed by atoms with Gasteiger partial charge in [-0.3, -0.25) is 19.5 Å². The fraction of sp³-hybridized carbons (Fsp3) is 0.250. The zero-order valence-corrected chi connectivity index (χ0v) is 27.3. The smallest absolute Gasteiger partial charge is 0.408 e. The van der Waals surface area contributed by atoms with Crippen molar-refractivity contribution in [2.24, 2.45) is 4.99 Å². The molecule has 0 aliphatic carbocycles. The van der Waals surface area contributed by atoms with Crippen LogP contribution >= 0.6 is 11.8 Å². The van der Waals surface area contributed by atoms with E-state index in [0.717, 1.165) is 41.2 Å². The first-order valence-electron chi connectivity index (χ1n) is 15.7. The number of carbonyl (C=O) groups is 3. The van der Waals surface area contributed by atoms with Gasteiger partial charge in [-0.15, -0.1) is 0 Å². The predicted molar refractivity (Wildman–Crippen MR) is 186 cm³/mol. The summed E-state index contributed by atoms with van der Waals surface area (Å²) in [6.07, 6.45) is 2.73. The second-order valence-electron chi connectivity index (χ2n) is 11.3. The van der Waals surface area contributed by atoms with Crippen molar-refractivity contribution in [3.05, 3.63) is 120 Å². The van der Waals surface area contributed by atoms with Crippen LogP contribution in [-0.2, 0) is 32.2 Å². The number of hydrogen-bond acceptors (Lipinski definition) is 9. The average molecular weight is 665 g/mol. The standard InChI is InChI=1S/C36H36N6O5S/c1-25(38-36(45)47-24-27-5-3-2-4-6-27)33(43)39-29-9-7-28(8-10-29)32-34(44)42(23-26-15-17-37-18-16-26)35(48-32)40-30-11-13-31(14-12-30)41-19-21-46-22-20-41/h2-18,25,32H,19-24H2,1H3,(H,38,45)(H,39,43)/t25-,32?/m0/s1. The third-order valence-corrected chi connectivity index (χ3v) is 9.14. The van der Waals surface area contributed by atoms with E-state index in [1.54, 1.807) is 36.4 Å². The number of anilines is 2. The molecule has 2 aliphatic rings. The van der Waals surface area contributed by atoms with Gasteiger partial charge < -0.3 is 25.0 Å². The topological polar surface area (TPSA) is 125 Å². The minimum Gasteiger partial charge on any atom is -0.445 e. The molecule has 6 rings (SSSR count). The first-order chi connectivity index (χ1) is 23.4. The molecule has 3 heterocycles. The summed E-state index contributed by atoms with van der Waals surface area (Å²) in [5, 5.41) is 5.46. The lowest BCUT2D eigenvalue weighted by atomic mass is 10.1. The Morgan fingerprint density at radius 3 is 2.38 bits per heavy atom. The number of amides is 3. The van der Waals surface area contributed by atoms with Crippen LogP contribution in [0.2, 0.25) is 0 Å². The SMILES string of the molecule is C[C@H](NC(=O)OCc1ccccc1)C(=O)Nc1ccc(C2SC(=Nc3ccc(N4CCOCC4)cc3)N(Cc3ccncc3)C2=O)cc1. The monoisotopic (exact) mass is 664 g/mol. The Morgan fingerprint density at radius 2 is 1.67 bits per heavy atom. The van der Waals surface area contributed by atoms with Crippen LogP contribution < -0.4 is 15.5 Å². The molecule has 1 unspecified atom stereocenters. The van der Waals surface area contributed by atoms with Crippen LogP contribution in [0, 0.1) is 0 Å². The molecule has 2 N–H and O–H groups in total. The van der Waals surface area contributed by atoms with Crippen LogP contribution in [0.15, 0.2) is 108 Å². The van der Waals surface area contributed by atoms with Gasteiger partial charge >= 0.3 is 6.09 Å². The van der Waals surface area contributed by atoms with Gasteiger partial charge in [0, 0.05) is 36.9 Å². The van der Waals surface area contributed by atoms with Crippen molar-refractivity contribution in [3.63, 3.8) is 0 Å². The molecular weight excluding hydrogens is 628 g/mol. The number of aromatic nitrogens is 1. The summed E-state index contributed by atoms with van der Waals surface area (Å²) in [5.41, 5.74) is 4.98. The van der Waals surface area contributed by atoms with Crippen LogP contribution in [0.5, 0.6) is 0 Å². The zero-order chi connectivity index (χ0) is 33.3. The maximum atomic E-state index is 13.8. The van der Waals surface area contributed by atoms with Gasteiger partial charge in [-0.25, -0.2) is 9.79 Å². The Labute approximate surface area is 283 Å². The fourth-order valence-electron chi connectivity index (χ4n) is 5.24. The lowest BCUT2D eigenvalue weighted by Gasteiger charge is -2.28. The molecule has 12 heteroatoms. The number of nitrogens with one attached hydrogen (secondary N) is 2. The molecule has 2 aliphatic heterocycles. The van der Waals surface area contributed by atoms with E-state index in [1.807, 2.05) is 78.9 Å². The van der Waals surface area contributed by atoms with Crippen molar-refractivity contribution >= 4 is 51.9 Å². The molecule has 1 aromatic heterocycles. The third kappa shape index (κ3) is 8.38. The van der Waals surface area contributed by atoms with E-state index in [1.165, 1.54) is 11.8 Å². The largest absolute Gasteiger partial charge is 0.445 e. The number of alkyl carbamates (subject to hydrolysis) is 1. The summed E-state index contributed by atoms with van der Waals surface area (Å²) >= 11 is 1.40. The number of morpholine rings is 1. The number of carbonyl (C=O) groups excluding carboxylic acids is 3. The van der Waals surface area contributed by atoms with Crippen molar-refractivity contribution in [2.45, 2.75) is 31.4 Å². The van der Waals surface area contributed by atoms with E-state index in [4.69, 9.17) is 14.5 Å². The number of pyridine rings is 1. The highest BCUT2D eigenvalue weighted by molar-refractivity contribution is 8.15. The molecule has 0 bridgehead atoms. The van der Waals surface area contributed by atoms with E-state index >= 15 is 0 Å². The molecule has 3 amide bonds. The highest BCUT2D eigenvalue weighted by Gasteiger charge is 2.39. The lowest BCUT2D eigenvalue weighted by Crippen LogP contribution is -2.41. The Hall–Kier alpha value is -5.20. The second-order valence-corrected chi connectivity index (χ2v) is 12.4. The van der Waals surface area contributed by atoms with E-state index in [2.05, 4.69) is 20.5 Å². The first-order valence-corrected chi connectivity index (χ1v) is 16.6. The van der Waals surface area contributed by atoms with E-state index in [-0.39, 0.29) is 12.5 Å². The van der Waals surface area contributed by atoms with Crippen molar-refractivity contribution in [1.82, 2.24) is 15.2 Å². The van der Waals surface area contributed by atoms with E-state index < -0.39 is 23.3 Å². The van der Waals surface area contributed by atoms with Gasteiger partial charge in [0.1, 0.15) is 17.9 Å². The third-order valence-electron chi connectivity index (χ3n) is 7.91. The van der Waals surface area contributed by atoms with Gasteiger partial charge in [-0.2, -0.15) is 0 Å². The first kappa shape index (κ1) is 32.7. The van der Waals surface area contributed by atoms with Crippen molar-refractivity contribution in [3.8, 4) is 0 Å². The predicted octanol–water partition coefficient (Wildman–Crippen LogP) is 5.68. The van der Waals surface area contributed by atoms with Crippen molar-refractivity contribution < 1.29 is 23.9 Å². The summed E-state index contributed by atoms with van der Waals surface area (Å²) in [6.45, 7) is 5.17.